The van der Waals surface area contributed by atoms with Gasteiger partial charge < -0.3 is 0 Å². The van der Waals surface area contributed by atoms with Crippen LogP contribution in [0.3, 0.4) is 0 Å². The lowest BCUT2D eigenvalue weighted by Gasteiger charge is -2.14. The Balaban J connectivity index is 1.89. The highest BCUT2D eigenvalue weighted by molar-refractivity contribution is 8.26. The summed E-state index contributed by atoms with van der Waals surface area (Å²) in [5.74, 6) is -0.379. The monoisotopic (exact) mass is 379 g/mol. The highest BCUT2D eigenvalue weighted by atomic mass is 32.2. The van der Waals surface area contributed by atoms with Crippen LogP contribution in [0.2, 0.25) is 0 Å². The maximum absolute atomic E-state index is 13.1. The van der Waals surface area contributed by atoms with Gasteiger partial charge in [-0.3, -0.25) is 9.69 Å². The van der Waals surface area contributed by atoms with Gasteiger partial charge in [-0.2, -0.15) is 13.2 Å². The normalized spacial score (nSPS) is 16.8. The molecule has 2 aromatic carbocycles. The van der Waals surface area contributed by atoms with E-state index in [1.54, 1.807) is 0 Å². The molecule has 0 spiro atoms. The van der Waals surface area contributed by atoms with Crippen LogP contribution in [0.1, 0.15) is 16.7 Å². The van der Waals surface area contributed by atoms with Crippen LogP contribution in [-0.4, -0.2) is 15.1 Å². The van der Waals surface area contributed by atoms with Gasteiger partial charge in [0, 0.05) is 0 Å². The zero-order chi connectivity index (χ0) is 18.0. The van der Waals surface area contributed by atoms with Gasteiger partial charge in [0.2, 0.25) is 0 Å². The van der Waals surface area contributed by atoms with Crippen molar-refractivity contribution in [1.29, 1.82) is 0 Å². The van der Waals surface area contributed by atoms with Gasteiger partial charge in [0.15, 0.2) is 0 Å². The van der Waals surface area contributed by atoms with Gasteiger partial charge >= 0.3 is 6.18 Å². The van der Waals surface area contributed by atoms with E-state index in [2.05, 4.69) is 0 Å². The Morgan fingerprint density at radius 2 is 1.68 bits per heavy atom. The van der Waals surface area contributed by atoms with Gasteiger partial charge in [0.05, 0.1) is 17.0 Å². The summed E-state index contributed by atoms with van der Waals surface area (Å²) in [6.07, 6.45) is -3.22. The molecule has 3 rings (SSSR count). The Labute approximate surface area is 152 Å². The standard InChI is InChI=1S/C18H12F3NOS2/c19-18(20,21)14-9-5-4-8-13(14)10-15-16(23)22(17(24)25-15)11-12-6-2-1-3-7-12/h1-10H,11H2/b15-10+. The number of nitrogens with zero attached hydrogens (tertiary/aromatic N) is 1. The van der Waals surface area contributed by atoms with Crippen LogP contribution in [0, 0.1) is 0 Å². The summed E-state index contributed by atoms with van der Waals surface area (Å²) in [5, 5.41) is 0. The lowest BCUT2D eigenvalue weighted by molar-refractivity contribution is -0.137. The van der Waals surface area contributed by atoms with Gasteiger partial charge in [-0.05, 0) is 23.3 Å². The molecule has 0 radical (unpaired) electrons. The zero-order valence-corrected chi connectivity index (χ0v) is 14.4. The second-order valence-electron chi connectivity index (χ2n) is 5.34. The van der Waals surface area contributed by atoms with Crippen molar-refractivity contribution in [1.82, 2.24) is 4.90 Å². The Morgan fingerprint density at radius 1 is 1.04 bits per heavy atom. The molecule has 0 saturated carbocycles. The Kier molecular flexibility index (Phi) is 4.96. The molecule has 2 aromatic rings. The van der Waals surface area contributed by atoms with Crippen molar-refractivity contribution < 1.29 is 18.0 Å². The Hall–Kier alpha value is -2.12. The third-order valence-corrected chi connectivity index (χ3v) is 4.99. The average molecular weight is 379 g/mol. The first-order valence-corrected chi connectivity index (χ1v) is 8.54. The number of carbonyl (C=O) groups is 1. The van der Waals surface area contributed by atoms with E-state index in [4.69, 9.17) is 12.2 Å². The number of halogens is 3. The van der Waals surface area contributed by atoms with Gasteiger partial charge in [-0.1, -0.05) is 72.5 Å². The number of thioether (sulfide) groups is 1. The lowest BCUT2D eigenvalue weighted by atomic mass is 10.1. The number of thiocarbonyl (C=S) groups is 1. The first-order chi connectivity index (χ1) is 11.9. The molecular weight excluding hydrogens is 367 g/mol. The molecule has 128 valence electrons. The summed E-state index contributed by atoms with van der Waals surface area (Å²) in [5.41, 5.74) is 0.0780. The third-order valence-electron chi connectivity index (χ3n) is 3.61. The number of alkyl halides is 3. The molecule has 1 fully saturated rings. The summed E-state index contributed by atoms with van der Waals surface area (Å²) < 4.78 is 39.6. The van der Waals surface area contributed by atoms with E-state index < -0.39 is 11.7 Å². The summed E-state index contributed by atoms with van der Waals surface area (Å²) in [6.45, 7) is 0.295. The van der Waals surface area contributed by atoms with E-state index in [1.807, 2.05) is 30.3 Å². The molecule has 1 amide bonds. The highest BCUT2D eigenvalue weighted by Crippen LogP contribution is 2.37. The van der Waals surface area contributed by atoms with Crippen LogP contribution < -0.4 is 0 Å². The lowest BCUT2D eigenvalue weighted by Crippen LogP contribution is -2.27. The van der Waals surface area contributed by atoms with E-state index >= 15 is 0 Å². The van der Waals surface area contributed by atoms with Crippen LogP contribution in [0.25, 0.3) is 6.08 Å². The van der Waals surface area contributed by atoms with Crippen molar-refractivity contribution in [3.05, 3.63) is 76.2 Å². The van der Waals surface area contributed by atoms with Crippen LogP contribution in [-0.2, 0) is 17.5 Å². The second kappa shape index (κ2) is 7.01. The van der Waals surface area contributed by atoms with Crippen LogP contribution in [0.5, 0.6) is 0 Å². The molecule has 0 atom stereocenters. The summed E-state index contributed by atoms with van der Waals surface area (Å²) >= 11 is 6.24. The first kappa shape index (κ1) is 17.7. The first-order valence-electron chi connectivity index (χ1n) is 7.32. The van der Waals surface area contributed by atoms with E-state index in [0.717, 1.165) is 23.4 Å². The van der Waals surface area contributed by atoms with Gasteiger partial charge in [-0.25, -0.2) is 0 Å². The fourth-order valence-electron chi connectivity index (χ4n) is 2.42. The molecule has 25 heavy (non-hydrogen) atoms. The van der Waals surface area contributed by atoms with E-state index in [1.165, 1.54) is 29.2 Å². The van der Waals surface area contributed by atoms with Crippen molar-refractivity contribution in [2.24, 2.45) is 0 Å². The molecule has 2 nitrogen and oxygen atoms in total. The number of amides is 1. The minimum absolute atomic E-state index is 0.0461. The smallest absolute Gasteiger partial charge is 0.288 e. The molecule has 7 heteroatoms. The number of rotatable bonds is 3. The Bertz CT molecular complexity index is 847. The highest BCUT2D eigenvalue weighted by Gasteiger charge is 2.35. The van der Waals surface area contributed by atoms with Gasteiger partial charge in [0.25, 0.3) is 5.91 Å². The molecule has 0 N–H and O–H groups in total. The quantitative estimate of drug-likeness (QED) is 0.546. The minimum atomic E-state index is -4.48. The second-order valence-corrected chi connectivity index (χ2v) is 7.01. The van der Waals surface area contributed by atoms with Crippen LogP contribution >= 0.6 is 24.0 Å². The number of carbonyl (C=O) groups excluding carboxylic acids is 1. The van der Waals surface area contributed by atoms with Gasteiger partial charge in [-0.15, -0.1) is 0 Å². The molecule has 0 bridgehead atoms. The molecule has 1 aliphatic rings. The molecule has 1 heterocycles. The largest absolute Gasteiger partial charge is 0.416 e. The van der Waals surface area contributed by atoms with E-state index in [9.17, 15) is 18.0 Å². The molecule has 0 aromatic heterocycles. The number of hydrogen-bond acceptors (Lipinski definition) is 3. The SMILES string of the molecule is O=C1/C(=C\c2ccccc2C(F)(F)F)SC(=S)N1Cc1ccccc1. The number of benzene rings is 2. The molecular formula is C18H12F3NOS2. The fraction of sp³-hybridized carbons (Fsp3) is 0.111. The summed E-state index contributed by atoms with van der Waals surface area (Å²) in [4.78, 5) is 14.1. The summed E-state index contributed by atoms with van der Waals surface area (Å²) in [7, 11) is 0. The van der Waals surface area contributed by atoms with Crippen molar-refractivity contribution >= 4 is 40.3 Å². The zero-order valence-electron chi connectivity index (χ0n) is 12.8. The van der Waals surface area contributed by atoms with E-state index in [-0.39, 0.29) is 16.4 Å². The van der Waals surface area contributed by atoms with Crippen molar-refractivity contribution in [2.75, 3.05) is 0 Å². The average Bonchev–Trinajstić information content (AvgIpc) is 2.83. The van der Waals surface area contributed by atoms with Crippen LogP contribution in [0.4, 0.5) is 13.2 Å². The minimum Gasteiger partial charge on any atom is -0.288 e. The van der Waals surface area contributed by atoms with E-state index in [0.29, 0.717) is 10.9 Å². The van der Waals surface area contributed by atoms with Gasteiger partial charge in [0.1, 0.15) is 4.32 Å². The molecule has 1 aliphatic heterocycles. The fourth-order valence-corrected chi connectivity index (χ4v) is 3.67. The summed E-state index contributed by atoms with van der Waals surface area (Å²) in [6, 6.07) is 14.4. The maximum atomic E-state index is 13.1. The third kappa shape index (κ3) is 3.93. The maximum Gasteiger partial charge on any atom is 0.416 e. The van der Waals surface area contributed by atoms with Crippen molar-refractivity contribution in [2.45, 2.75) is 12.7 Å². The topological polar surface area (TPSA) is 20.3 Å². The number of hydrogen-bond donors (Lipinski definition) is 0. The molecule has 0 unspecified atom stereocenters. The van der Waals surface area contributed by atoms with Crippen LogP contribution in [0.15, 0.2) is 59.5 Å². The molecule has 0 aliphatic carbocycles. The van der Waals surface area contributed by atoms with Crippen molar-refractivity contribution in [3.8, 4) is 0 Å². The predicted molar refractivity (Wildman–Crippen MR) is 96.6 cm³/mol. The predicted octanol–water partition coefficient (Wildman–Crippen LogP) is 5.11. The Morgan fingerprint density at radius 3 is 2.36 bits per heavy atom. The molecule has 1 saturated heterocycles. The van der Waals surface area contributed by atoms with Crippen molar-refractivity contribution in [3.63, 3.8) is 0 Å².